The Balaban J connectivity index is 1.51. The van der Waals surface area contributed by atoms with Crippen molar-refractivity contribution >= 4 is 23.5 Å². The standard InChI is InChI=1S/C27H38ClN3O4/c1-18(29-21(4)32)16-33-23-11-13-24(14-12-23)35-27-30-20(3)25(31(27)5)15-26(19(2)28)34-17-22-9-7-6-8-10-22/h6-10,15,18,20,23-24H,11-14,16-17H2,1-5H3,(H,29,32)/b25-15+,26-19-/t18-,20?,23-,24-/m0/s1. The van der Waals surface area contributed by atoms with Crippen molar-refractivity contribution in [3.8, 4) is 0 Å². The molecule has 1 saturated carbocycles. The molecule has 8 heteroatoms. The highest BCUT2D eigenvalue weighted by Gasteiger charge is 2.31. The van der Waals surface area contributed by atoms with Gasteiger partial charge in [0.25, 0.3) is 6.02 Å². The summed E-state index contributed by atoms with van der Waals surface area (Å²) >= 11 is 6.35. The largest absolute Gasteiger partial charge is 0.488 e. The zero-order chi connectivity index (χ0) is 25.4. The lowest BCUT2D eigenvalue weighted by atomic mass is 9.95. The van der Waals surface area contributed by atoms with E-state index in [2.05, 4.69) is 5.32 Å². The molecule has 0 radical (unpaired) electrons. The maximum absolute atomic E-state index is 11.2. The smallest absolute Gasteiger partial charge is 0.292 e. The minimum absolute atomic E-state index is 0.0156. The van der Waals surface area contributed by atoms with Crippen molar-refractivity contribution in [3.63, 3.8) is 0 Å². The van der Waals surface area contributed by atoms with Crippen LogP contribution in [0.1, 0.15) is 58.9 Å². The minimum Gasteiger partial charge on any atom is -0.488 e. The monoisotopic (exact) mass is 503 g/mol. The van der Waals surface area contributed by atoms with E-state index >= 15 is 0 Å². The molecule has 2 atom stereocenters. The maximum Gasteiger partial charge on any atom is 0.292 e. The molecule has 1 amide bonds. The number of nitrogens with one attached hydrogen (secondary N) is 1. The molecule has 1 aromatic rings. The zero-order valence-corrected chi connectivity index (χ0v) is 22.2. The molecule has 2 aliphatic rings. The van der Waals surface area contributed by atoms with Crippen molar-refractivity contribution in [2.45, 2.75) is 84.3 Å². The van der Waals surface area contributed by atoms with Crippen LogP contribution in [-0.4, -0.2) is 54.8 Å². The molecular weight excluding hydrogens is 466 g/mol. The lowest BCUT2D eigenvalue weighted by Gasteiger charge is -2.30. The molecule has 1 heterocycles. The summed E-state index contributed by atoms with van der Waals surface area (Å²) in [5.74, 6) is 0.598. The van der Waals surface area contributed by atoms with Crippen LogP contribution in [-0.2, 0) is 25.6 Å². The predicted molar refractivity (Wildman–Crippen MR) is 139 cm³/mol. The van der Waals surface area contributed by atoms with Gasteiger partial charge >= 0.3 is 0 Å². The van der Waals surface area contributed by atoms with Crippen LogP contribution in [0.15, 0.2) is 57.9 Å². The number of amidine groups is 1. The van der Waals surface area contributed by atoms with Gasteiger partial charge < -0.3 is 24.4 Å². The lowest BCUT2D eigenvalue weighted by Crippen LogP contribution is -2.37. The molecule has 192 valence electrons. The Morgan fingerprint density at radius 3 is 2.49 bits per heavy atom. The van der Waals surface area contributed by atoms with E-state index in [-0.39, 0.29) is 30.2 Å². The Morgan fingerprint density at radius 2 is 1.86 bits per heavy atom. The first-order valence-electron chi connectivity index (χ1n) is 12.3. The van der Waals surface area contributed by atoms with Crippen molar-refractivity contribution in [3.05, 3.63) is 58.5 Å². The van der Waals surface area contributed by atoms with E-state index in [0.717, 1.165) is 36.9 Å². The van der Waals surface area contributed by atoms with Crippen LogP contribution in [0.5, 0.6) is 0 Å². The highest BCUT2D eigenvalue weighted by Crippen LogP contribution is 2.29. The Bertz CT molecular complexity index is 935. The van der Waals surface area contributed by atoms with E-state index in [1.807, 2.05) is 69.1 Å². The van der Waals surface area contributed by atoms with E-state index < -0.39 is 0 Å². The van der Waals surface area contributed by atoms with Crippen molar-refractivity contribution < 1.29 is 19.0 Å². The second-order valence-electron chi connectivity index (χ2n) is 9.34. The zero-order valence-electron chi connectivity index (χ0n) is 21.4. The Hall–Kier alpha value is -2.51. The van der Waals surface area contributed by atoms with Crippen molar-refractivity contribution in [2.75, 3.05) is 13.7 Å². The molecule has 1 aliphatic carbocycles. The number of benzene rings is 1. The van der Waals surface area contributed by atoms with Crippen molar-refractivity contribution in [1.82, 2.24) is 10.2 Å². The van der Waals surface area contributed by atoms with Gasteiger partial charge in [-0.1, -0.05) is 41.9 Å². The molecule has 0 aromatic heterocycles. The van der Waals surface area contributed by atoms with Gasteiger partial charge in [-0.05, 0) is 52.0 Å². The number of likely N-dealkylation sites (N-methyl/N-ethyl adjacent to an activating group) is 1. The molecule has 1 N–H and O–H groups in total. The van der Waals surface area contributed by atoms with Gasteiger partial charge in [0.2, 0.25) is 5.91 Å². The first-order valence-corrected chi connectivity index (χ1v) is 12.7. The minimum atomic E-state index is -0.0590. The van der Waals surface area contributed by atoms with Crippen molar-refractivity contribution in [1.29, 1.82) is 0 Å². The Morgan fingerprint density at radius 1 is 1.20 bits per heavy atom. The first kappa shape index (κ1) is 27.1. The van der Waals surface area contributed by atoms with Crippen LogP contribution < -0.4 is 5.32 Å². The molecule has 3 rings (SSSR count). The van der Waals surface area contributed by atoms with E-state index in [0.29, 0.717) is 30.0 Å². The Labute approximate surface area is 214 Å². The predicted octanol–water partition coefficient (Wildman–Crippen LogP) is 5.12. The summed E-state index contributed by atoms with van der Waals surface area (Å²) in [5.41, 5.74) is 2.06. The van der Waals surface area contributed by atoms with Crippen LogP contribution >= 0.6 is 11.6 Å². The van der Waals surface area contributed by atoms with Gasteiger partial charge in [-0.15, -0.1) is 0 Å². The Kier molecular flexibility index (Phi) is 10.0. The second-order valence-corrected chi connectivity index (χ2v) is 9.91. The van der Waals surface area contributed by atoms with Crippen LogP contribution in [0.4, 0.5) is 0 Å². The van der Waals surface area contributed by atoms with E-state index in [9.17, 15) is 4.79 Å². The molecular formula is C27H38ClN3O4. The summed E-state index contributed by atoms with van der Waals surface area (Å²) in [5, 5.41) is 3.45. The fraction of sp³-hybridized carbons (Fsp3) is 0.556. The van der Waals surface area contributed by atoms with Crippen LogP contribution in [0.2, 0.25) is 0 Å². The molecule has 1 aromatic carbocycles. The molecule has 0 bridgehead atoms. The number of hydrogen-bond donors (Lipinski definition) is 1. The average Bonchev–Trinajstić information content (AvgIpc) is 3.08. The summed E-state index contributed by atoms with van der Waals surface area (Å²) in [7, 11) is 1.96. The molecule has 0 spiro atoms. The highest BCUT2D eigenvalue weighted by molar-refractivity contribution is 6.29. The third-order valence-electron chi connectivity index (χ3n) is 6.19. The summed E-state index contributed by atoms with van der Waals surface area (Å²) in [6.45, 7) is 8.32. The maximum atomic E-state index is 11.2. The number of rotatable bonds is 9. The average molecular weight is 504 g/mol. The molecule has 0 saturated heterocycles. The van der Waals surface area contributed by atoms with E-state index in [1.54, 1.807) is 0 Å². The number of ether oxygens (including phenoxy) is 3. The number of halogens is 1. The quantitative estimate of drug-likeness (QED) is 0.474. The summed E-state index contributed by atoms with van der Waals surface area (Å²) < 4.78 is 18.3. The third kappa shape index (κ3) is 8.29. The van der Waals surface area contributed by atoms with Crippen LogP contribution in [0.3, 0.4) is 0 Å². The molecule has 1 unspecified atom stereocenters. The van der Waals surface area contributed by atoms with E-state index in [4.69, 9.17) is 30.8 Å². The molecule has 1 fully saturated rings. The molecule has 35 heavy (non-hydrogen) atoms. The second kappa shape index (κ2) is 13.0. The van der Waals surface area contributed by atoms with Gasteiger partial charge in [-0.25, -0.2) is 4.99 Å². The van der Waals surface area contributed by atoms with Crippen molar-refractivity contribution in [2.24, 2.45) is 4.99 Å². The topological polar surface area (TPSA) is 72.4 Å². The third-order valence-corrected chi connectivity index (χ3v) is 6.37. The number of amides is 1. The van der Waals surface area contributed by atoms with Gasteiger partial charge in [0.05, 0.1) is 29.5 Å². The van der Waals surface area contributed by atoms with Crippen LogP contribution in [0, 0.1) is 0 Å². The highest BCUT2D eigenvalue weighted by atomic mass is 35.5. The van der Waals surface area contributed by atoms with Gasteiger partial charge in [0.15, 0.2) is 0 Å². The van der Waals surface area contributed by atoms with Gasteiger partial charge in [-0.2, -0.15) is 0 Å². The number of aliphatic imine (C=N–C) groups is 1. The van der Waals surface area contributed by atoms with E-state index in [1.165, 1.54) is 6.92 Å². The van der Waals surface area contributed by atoms with Gasteiger partial charge in [0.1, 0.15) is 18.5 Å². The van der Waals surface area contributed by atoms with Gasteiger partial charge in [-0.3, -0.25) is 4.79 Å². The number of nitrogens with zero attached hydrogens (tertiary/aromatic N) is 2. The number of allylic oxidation sites excluding steroid dienone is 2. The fourth-order valence-corrected chi connectivity index (χ4v) is 4.39. The lowest BCUT2D eigenvalue weighted by molar-refractivity contribution is -0.120. The molecule has 1 aliphatic heterocycles. The number of carbonyl (C=O) groups is 1. The SMILES string of the molecule is CC(=O)N[C@@H](C)CO[C@H]1CC[C@H](OC2=NC(C)/C(=C\C(OCc3ccccc3)=C(/C)Cl)N2C)CC1. The number of hydrogen-bond acceptors (Lipinski definition) is 6. The first-order chi connectivity index (χ1) is 16.7. The summed E-state index contributed by atoms with van der Waals surface area (Å²) in [6, 6.07) is 10.6. The van der Waals surface area contributed by atoms with Gasteiger partial charge in [0, 0.05) is 26.1 Å². The van der Waals surface area contributed by atoms with Crippen LogP contribution in [0.25, 0.3) is 0 Å². The number of carbonyl (C=O) groups excluding carboxylic acids is 1. The normalized spacial score (nSPS) is 25.1. The summed E-state index contributed by atoms with van der Waals surface area (Å²) in [4.78, 5) is 17.9. The fourth-order valence-electron chi connectivity index (χ4n) is 4.28. The molecule has 7 nitrogen and oxygen atoms in total. The summed E-state index contributed by atoms with van der Waals surface area (Å²) in [6.07, 6.45) is 5.93.